The van der Waals surface area contributed by atoms with E-state index in [1.165, 1.54) is 35.1 Å². The highest BCUT2D eigenvalue weighted by Gasteiger charge is 2.20. The Bertz CT molecular complexity index is 570. The minimum atomic E-state index is 0.209. The van der Waals surface area contributed by atoms with Crippen molar-refractivity contribution in [1.82, 2.24) is 0 Å². The molecular formula is C27H48S. The van der Waals surface area contributed by atoms with Crippen LogP contribution in [0.2, 0.25) is 0 Å². The van der Waals surface area contributed by atoms with E-state index in [0.29, 0.717) is 5.92 Å². The summed E-state index contributed by atoms with van der Waals surface area (Å²) in [6, 6.07) is 7.25. The van der Waals surface area contributed by atoms with E-state index in [0.717, 1.165) is 4.91 Å². The molecule has 0 heterocycles. The number of aryl methyl sites for hydroxylation is 1. The number of rotatable bonds is 4. The summed E-state index contributed by atoms with van der Waals surface area (Å²) < 4.78 is 0. The largest absolute Gasteiger partial charge is 0.149 e. The smallest absolute Gasteiger partial charge is 0.0132 e. The van der Waals surface area contributed by atoms with Gasteiger partial charge >= 0.3 is 0 Å². The van der Waals surface area contributed by atoms with E-state index in [9.17, 15) is 0 Å². The Balaban J connectivity index is 0. The predicted octanol–water partition coefficient (Wildman–Crippen LogP) is 9.29. The lowest BCUT2D eigenvalue weighted by Gasteiger charge is -2.26. The molecule has 0 amide bonds. The van der Waals surface area contributed by atoms with E-state index in [-0.39, 0.29) is 10.8 Å². The Morgan fingerprint density at radius 2 is 1.32 bits per heavy atom. The zero-order valence-electron chi connectivity index (χ0n) is 21.0. The van der Waals surface area contributed by atoms with E-state index >= 15 is 0 Å². The molecule has 1 rings (SSSR count). The maximum Gasteiger partial charge on any atom is -0.0132 e. The van der Waals surface area contributed by atoms with Crippen molar-refractivity contribution in [3.63, 3.8) is 0 Å². The Morgan fingerprint density at radius 3 is 1.61 bits per heavy atom. The van der Waals surface area contributed by atoms with Crippen molar-refractivity contribution < 1.29 is 0 Å². The Kier molecular flexibility index (Phi) is 13.9. The first-order valence-corrected chi connectivity index (χ1v) is 11.3. The van der Waals surface area contributed by atoms with E-state index in [1.54, 1.807) is 0 Å². The molecule has 0 fully saturated rings. The number of thiol groups is 1. The van der Waals surface area contributed by atoms with Crippen LogP contribution in [0, 0.1) is 5.92 Å². The van der Waals surface area contributed by atoms with Gasteiger partial charge in [0.25, 0.3) is 0 Å². The summed E-state index contributed by atoms with van der Waals surface area (Å²) in [6.45, 7) is 29.9. The van der Waals surface area contributed by atoms with E-state index < -0.39 is 0 Å². The van der Waals surface area contributed by atoms with Crippen LogP contribution in [0.15, 0.2) is 41.3 Å². The first kappa shape index (κ1) is 29.3. The molecule has 0 aliphatic rings. The number of hydrogen-bond acceptors (Lipinski definition) is 1. The second-order valence-electron chi connectivity index (χ2n) is 9.63. The fourth-order valence-electron chi connectivity index (χ4n) is 2.60. The van der Waals surface area contributed by atoms with Crippen LogP contribution in [0.1, 0.15) is 106 Å². The molecule has 0 radical (unpaired) electrons. The summed E-state index contributed by atoms with van der Waals surface area (Å²) in [5.74, 6) is 0.668. The average molecular weight is 405 g/mol. The van der Waals surface area contributed by atoms with Gasteiger partial charge < -0.3 is 0 Å². The van der Waals surface area contributed by atoms with Gasteiger partial charge in [0, 0.05) is 0 Å². The van der Waals surface area contributed by atoms with Gasteiger partial charge in [0.2, 0.25) is 0 Å². The van der Waals surface area contributed by atoms with Crippen molar-refractivity contribution in [3.05, 3.63) is 58.0 Å². The van der Waals surface area contributed by atoms with E-state index in [2.05, 4.69) is 106 Å². The van der Waals surface area contributed by atoms with Crippen LogP contribution in [0.25, 0.3) is 0 Å². The second kappa shape index (κ2) is 13.3. The van der Waals surface area contributed by atoms with Crippen LogP contribution in [-0.4, -0.2) is 0 Å². The van der Waals surface area contributed by atoms with Crippen molar-refractivity contribution >= 4 is 12.6 Å². The van der Waals surface area contributed by atoms with Crippen molar-refractivity contribution in [3.8, 4) is 0 Å². The van der Waals surface area contributed by atoms with Gasteiger partial charge in [-0.25, -0.2) is 0 Å². The molecule has 162 valence electrons. The standard InChI is InChI=1S/C22H36.C3H6S.C2H6/c1-10-16(2)17(3)11-12-18-13-19(21(4,5)6)15-20(14-18)22(7,8)9;1-3(2)4;1-2/h10,13-15,17H,11-12H2,1-9H3;4H,1H2,2H3;1-2H3/b16-10+;;. The van der Waals surface area contributed by atoms with Crippen molar-refractivity contribution in [2.75, 3.05) is 0 Å². The van der Waals surface area contributed by atoms with Crippen LogP contribution in [-0.2, 0) is 17.3 Å². The van der Waals surface area contributed by atoms with Crippen LogP contribution in [0.4, 0.5) is 0 Å². The molecule has 0 N–H and O–H groups in total. The quantitative estimate of drug-likeness (QED) is 0.375. The highest BCUT2D eigenvalue weighted by molar-refractivity contribution is 7.84. The lowest BCUT2D eigenvalue weighted by Crippen LogP contribution is -2.17. The van der Waals surface area contributed by atoms with E-state index in [4.69, 9.17) is 0 Å². The topological polar surface area (TPSA) is 0 Å². The van der Waals surface area contributed by atoms with Gasteiger partial charge in [-0.2, -0.15) is 0 Å². The third kappa shape index (κ3) is 12.5. The van der Waals surface area contributed by atoms with Crippen molar-refractivity contribution in [2.45, 2.75) is 107 Å². The maximum absolute atomic E-state index is 3.77. The molecule has 0 bridgehead atoms. The molecule has 28 heavy (non-hydrogen) atoms. The maximum atomic E-state index is 3.77. The molecule has 0 saturated heterocycles. The molecule has 1 aromatic carbocycles. The summed E-state index contributed by atoms with van der Waals surface area (Å²) in [5, 5.41) is 0. The molecule has 1 atom stereocenters. The van der Waals surface area contributed by atoms with Crippen molar-refractivity contribution in [1.29, 1.82) is 0 Å². The molecular weight excluding hydrogens is 356 g/mol. The number of hydrogen-bond donors (Lipinski definition) is 1. The average Bonchev–Trinajstić information content (AvgIpc) is 2.58. The first-order valence-electron chi connectivity index (χ1n) is 10.8. The van der Waals surface area contributed by atoms with Gasteiger partial charge in [-0.3, -0.25) is 0 Å². The first-order chi connectivity index (χ1) is 12.7. The lowest BCUT2D eigenvalue weighted by atomic mass is 9.79. The summed E-state index contributed by atoms with van der Waals surface area (Å²) in [6.07, 6.45) is 4.64. The van der Waals surface area contributed by atoms with Crippen molar-refractivity contribution in [2.24, 2.45) is 5.92 Å². The van der Waals surface area contributed by atoms with Gasteiger partial charge in [0.1, 0.15) is 0 Å². The molecule has 0 saturated carbocycles. The SMILES string of the molecule is C/C=C(\C)C(C)CCc1cc(C(C)(C)C)cc(C(C)(C)C)c1.C=C(C)S.CC. The zero-order chi connectivity index (χ0) is 22.7. The van der Waals surface area contributed by atoms with Crippen LogP contribution in [0.3, 0.4) is 0 Å². The molecule has 0 aromatic heterocycles. The molecule has 0 aliphatic heterocycles. The highest BCUT2D eigenvalue weighted by Crippen LogP contribution is 2.31. The summed E-state index contributed by atoms with van der Waals surface area (Å²) in [5.41, 5.74) is 6.34. The van der Waals surface area contributed by atoms with Crippen LogP contribution < -0.4 is 0 Å². The number of allylic oxidation sites excluding steroid dienone is 3. The Labute approximate surface area is 183 Å². The fraction of sp³-hybridized carbons (Fsp3) is 0.630. The van der Waals surface area contributed by atoms with Gasteiger partial charge in [-0.15, -0.1) is 12.6 Å². The lowest BCUT2D eigenvalue weighted by molar-refractivity contribution is 0.563. The van der Waals surface area contributed by atoms with Crippen LogP contribution >= 0.6 is 12.6 Å². The van der Waals surface area contributed by atoms with E-state index in [1.807, 2.05) is 20.8 Å². The Morgan fingerprint density at radius 1 is 0.964 bits per heavy atom. The summed E-state index contributed by atoms with van der Waals surface area (Å²) in [7, 11) is 0. The van der Waals surface area contributed by atoms with Gasteiger partial charge in [0.05, 0.1) is 0 Å². The van der Waals surface area contributed by atoms with Gasteiger partial charge in [0.15, 0.2) is 0 Å². The third-order valence-electron chi connectivity index (χ3n) is 4.82. The third-order valence-corrected chi connectivity index (χ3v) is 4.82. The van der Waals surface area contributed by atoms with Crippen LogP contribution in [0.5, 0.6) is 0 Å². The number of benzene rings is 1. The molecule has 0 aliphatic carbocycles. The molecule has 0 nitrogen and oxygen atoms in total. The molecule has 0 spiro atoms. The molecule has 1 aromatic rings. The minimum absolute atomic E-state index is 0.209. The monoisotopic (exact) mass is 404 g/mol. The highest BCUT2D eigenvalue weighted by atomic mass is 32.1. The minimum Gasteiger partial charge on any atom is -0.149 e. The second-order valence-corrected chi connectivity index (χ2v) is 10.4. The predicted molar refractivity (Wildman–Crippen MR) is 136 cm³/mol. The zero-order valence-corrected chi connectivity index (χ0v) is 21.8. The molecule has 1 heteroatoms. The normalized spacial score (nSPS) is 13.0. The summed E-state index contributed by atoms with van der Waals surface area (Å²) in [4.78, 5) is 0.861. The van der Waals surface area contributed by atoms with Gasteiger partial charge in [-0.05, 0) is 72.0 Å². The fourth-order valence-corrected chi connectivity index (χ4v) is 2.60. The Hall–Kier alpha value is -0.950. The van der Waals surface area contributed by atoms with Gasteiger partial charge in [-0.1, -0.05) is 98.7 Å². The summed E-state index contributed by atoms with van der Waals surface area (Å²) >= 11 is 3.77. The molecule has 1 unspecified atom stereocenters.